The molecule has 3 aromatic rings. The average molecular weight is 428 g/mol. The Bertz CT molecular complexity index is 1280. The second-order valence-electron chi connectivity index (χ2n) is 7.58. The third-order valence-electron chi connectivity index (χ3n) is 5.30. The minimum absolute atomic E-state index is 0.198. The monoisotopic (exact) mass is 428 g/mol. The molecule has 7 nitrogen and oxygen atoms in total. The van der Waals surface area contributed by atoms with E-state index in [9.17, 15) is 9.59 Å². The summed E-state index contributed by atoms with van der Waals surface area (Å²) in [5.41, 5.74) is 3.41. The molecule has 0 spiro atoms. The molecule has 0 radical (unpaired) electrons. The van der Waals surface area contributed by atoms with Crippen molar-refractivity contribution < 1.29 is 23.8 Å². The molecular formula is C25H20N2O5. The van der Waals surface area contributed by atoms with Crippen LogP contribution in [0.2, 0.25) is 0 Å². The van der Waals surface area contributed by atoms with Gasteiger partial charge in [-0.05, 0) is 66.6 Å². The predicted molar refractivity (Wildman–Crippen MR) is 121 cm³/mol. The molecule has 32 heavy (non-hydrogen) atoms. The molecule has 5 rings (SSSR count). The number of carbonyl (C=O) groups excluding carboxylic acids is 2. The Balaban J connectivity index is 1.35. The van der Waals surface area contributed by atoms with Gasteiger partial charge in [0, 0.05) is 18.8 Å². The Morgan fingerprint density at radius 2 is 1.75 bits per heavy atom. The first-order valence-electron chi connectivity index (χ1n) is 10.1. The van der Waals surface area contributed by atoms with E-state index in [-0.39, 0.29) is 18.6 Å². The van der Waals surface area contributed by atoms with Crippen LogP contribution in [0.4, 0.5) is 11.4 Å². The van der Waals surface area contributed by atoms with Crippen LogP contribution in [0.1, 0.15) is 21.5 Å². The largest absolute Gasteiger partial charge is 0.454 e. The molecule has 2 heterocycles. The van der Waals surface area contributed by atoms with Gasteiger partial charge >= 0.3 is 0 Å². The fraction of sp³-hybridized carbons (Fsp3) is 0.120. The van der Waals surface area contributed by atoms with E-state index in [1.54, 1.807) is 48.4 Å². The number of fused-ring (bicyclic) bond motifs is 3. The number of amides is 2. The number of nitrogens with zero attached hydrogens (tertiary/aromatic N) is 1. The van der Waals surface area contributed by atoms with E-state index in [2.05, 4.69) is 5.32 Å². The van der Waals surface area contributed by atoms with Gasteiger partial charge < -0.3 is 24.4 Å². The van der Waals surface area contributed by atoms with Crippen molar-refractivity contribution in [2.75, 3.05) is 24.1 Å². The van der Waals surface area contributed by atoms with Crippen molar-refractivity contribution in [1.82, 2.24) is 0 Å². The van der Waals surface area contributed by atoms with Gasteiger partial charge in [-0.25, -0.2) is 0 Å². The fourth-order valence-electron chi connectivity index (χ4n) is 3.62. The summed E-state index contributed by atoms with van der Waals surface area (Å²) in [4.78, 5) is 27.0. The van der Waals surface area contributed by atoms with Gasteiger partial charge in [-0.2, -0.15) is 0 Å². The molecule has 3 aromatic carbocycles. The Hall–Kier alpha value is -4.26. The van der Waals surface area contributed by atoms with Crippen LogP contribution in [0.25, 0.3) is 6.08 Å². The lowest BCUT2D eigenvalue weighted by atomic mass is 10.1. The van der Waals surface area contributed by atoms with E-state index in [0.29, 0.717) is 39.9 Å². The first-order valence-corrected chi connectivity index (χ1v) is 10.1. The van der Waals surface area contributed by atoms with Gasteiger partial charge in [0.25, 0.3) is 5.91 Å². The van der Waals surface area contributed by atoms with E-state index in [4.69, 9.17) is 14.2 Å². The minimum atomic E-state index is -0.322. The van der Waals surface area contributed by atoms with Crippen LogP contribution in [0.3, 0.4) is 0 Å². The lowest BCUT2D eigenvalue weighted by Crippen LogP contribution is -2.25. The molecule has 0 saturated heterocycles. The lowest BCUT2D eigenvalue weighted by Gasteiger charge is -2.16. The number of benzene rings is 3. The SMILES string of the molecule is Cc1ccc2c(c1)N(C)C(=O)c1cc(NC(=O)/C=C/c3ccc4c(c3)OCO4)ccc1O2. The molecule has 0 aromatic heterocycles. The van der Waals surface area contributed by atoms with Crippen LogP contribution in [0, 0.1) is 6.92 Å². The van der Waals surface area contributed by atoms with Gasteiger partial charge in [-0.1, -0.05) is 12.1 Å². The van der Waals surface area contributed by atoms with Gasteiger partial charge in [-0.3, -0.25) is 9.59 Å². The molecule has 7 heteroatoms. The molecule has 2 aliphatic rings. The normalized spacial score (nSPS) is 13.9. The highest BCUT2D eigenvalue weighted by Crippen LogP contribution is 2.39. The summed E-state index contributed by atoms with van der Waals surface area (Å²) in [5, 5.41) is 2.79. The molecule has 0 atom stereocenters. The molecule has 0 saturated carbocycles. The molecule has 1 N–H and O–H groups in total. The Morgan fingerprint density at radius 1 is 0.969 bits per heavy atom. The molecular weight excluding hydrogens is 408 g/mol. The molecule has 2 aliphatic heterocycles. The molecule has 0 aliphatic carbocycles. The van der Waals surface area contributed by atoms with E-state index in [1.807, 2.05) is 31.2 Å². The third kappa shape index (κ3) is 3.65. The highest BCUT2D eigenvalue weighted by molar-refractivity contribution is 6.10. The first-order chi connectivity index (χ1) is 15.5. The van der Waals surface area contributed by atoms with Crippen molar-refractivity contribution >= 4 is 29.3 Å². The summed E-state index contributed by atoms with van der Waals surface area (Å²) in [6.07, 6.45) is 3.11. The van der Waals surface area contributed by atoms with Gasteiger partial charge in [0.15, 0.2) is 17.2 Å². The number of carbonyl (C=O) groups is 2. The van der Waals surface area contributed by atoms with Crippen molar-refractivity contribution in [3.05, 3.63) is 77.4 Å². The average Bonchev–Trinajstić information content (AvgIpc) is 3.23. The van der Waals surface area contributed by atoms with Crippen LogP contribution in [0.15, 0.2) is 60.7 Å². The summed E-state index contributed by atoms with van der Waals surface area (Å²) in [6, 6.07) is 16.1. The van der Waals surface area contributed by atoms with Gasteiger partial charge in [-0.15, -0.1) is 0 Å². The third-order valence-corrected chi connectivity index (χ3v) is 5.30. The Labute approximate surface area is 184 Å². The van der Waals surface area contributed by atoms with Crippen LogP contribution < -0.4 is 24.4 Å². The van der Waals surface area contributed by atoms with Crippen LogP contribution in [0.5, 0.6) is 23.0 Å². The van der Waals surface area contributed by atoms with Crippen molar-refractivity contribution in [1.29, 1.82) is 0 Å². The number of nitrogens with one attached hydrogen (secondary N) is 1. The standard InChI is InChI=1S/C25H20N2O5/c1-15-3-7-21-19(11-15)27(2)25(29)18-13-17(6-9-20(18)32-21)26-24(28)10-5-16-4-8-22-23(12-16)31-14-30-22/h3-13H,14H2,1-2H3,(H,26,28)/b10-5+. The summed E-state index contributed by atoms with van der Waals surface area (Å²) < 4.78 is 16.6. The molecule has 0 unspecified atom stereocenters. The van der Waals surface area contributed by atoms with E-state index in [0.717, 1.165) is 11.1 Å². The topological polar surface area (TPSA) is 77.1 Å². The van der Waals surface area contributed by atoms with Crippen molar-refractivity contribution in [2.24, 2.45) is 0 Å². The highest BCUT2D eigenvalue weighted by atomic mass is 16.7. The molecule has 0 bridgehead atoms. The van der Waals surface area contributed by atoms with Crippen molar-refractivity contribution in [3.63, 3.8) is 0 Å². The molecule has 160 valence electrons. The Kier molecular flexibility index (Phi) is 4.78. The number of anilines is 2. The first kappa shape index (κ1) is 19.7. The number of aryl methyl sites for hydroxylation is 1. The zero-order chi connectivity index (χ0) is 22.2. The fourth-order valence-corrected chi connectivity index (χ4v) is 3.62. The lowest BCUT2D eigenvalue weighted by molar-refractivity contribution is -0.111. The summed E-state index contributed by atoms with van der Waals surface area (Å²) in [5.74, 6) is 1.85. The van der Waals surface area contributed by atoms with Gasteiger partial charge in [0.2, 0.25) is 12.7 Å². The molecule has 2 amide bonds. The Morgan fingerprint density at radius 3 is 2.62 bits per heavy atom. The van der Waals surface area contributed by atoms with E-state index >= 15 is 0 Å². The maximum absolute atomic E-state index is 13.0. The molecule has 0 fully saturated rings. The van der Waals surface area contributed by atoms with Crippen molar-refractivity contribution in [3.8, 4) is 23.0 Å². The van der Waals surface area contributed by atoms with Crippen LogP contribution in [-0.4, -0.2) is 25.7 Å². The van der Waals surface area contributed by atoms with E-state index < -0.39 is 0 Å². The smallest absolute Gasteiger partial charge is 0.261 e. The second kappa shape index (κ2) is 7.77. The van der Waals surface area contributed by atoms with Crippen LogP contribution in [-0.2, 0) is 4.79 Å². The zero-order valence-electron chi connectivity index (χ0n) is 17.5. The summed E-state index contributed by atoms with van der Waals surface area (Å²) >= 11 is 0. The van der Waals surface area contributed by atoms with Gasteiger partial charge in [0.1, 0.15) is 5.75 Å². The quantitative estimate of drug-likeness (QED) is 0.609. The summed E-state index contributed by atoms with van der Waals surface area (Å²) in [6.45, 7) is 2.16. The summed E-state index contributed by atoms with van der Waals surface area (Å²) in [7, 11) is 1.71. The number of rotatable bonds is 3. The minimum Gasteiger partial charge on any atom is -0.454 e. The maximum atomic E-state index is 13.0. The predicted octanol–water partition coefficient (Wildman–Crippen LogP) is 4.76. The second-order valence-corrected chi connectivity index (χ2v) is 7.58. The highest BCUT2D eigenvalue weighted by Gasteiger charge is 2.26. The maximum Gasteiger partial charge on any atom is 0.261 e. The number of ether oxygens (including phenoxy) is 3. The van der Waals surface area contributed by atoms with Crippen molar-refractivity contribution in [2.45, 2.75) is 6.92 Å². The number of hydrogen-bond acceptors (Lipinski definition) is 5. The van der Waals surface area contributed by atoms with Gasteiger partial charge in [0.05, 0.1) is 11.3 Å². The number of hydrogen-bond donors (Lipinski definition) is 1. The van der Waals surface area contributed by atoms with Crippen LogP contribution >= 0.6 is 0 Å². The van der Waals surface area contributed by atoms with E-state index in [1.165, 1.54) is 6.08 Å². The zero-order valence-corrected chi connectivity index (χ0v) is 17.5.